The number of rotatable bonds is 3. The van der Waals surface area contributed by atoms with E-state index in [0.29, 0.717) is 5.56 Å². The number of allylic oxidation sites excluding steroid dienone is 1. The lowest BCUT2D eigenvalue weighted by Gasteiger charge is -2.00. The first-order chi connectivity index (χ1) is 6.65. The molecule has 0 radical (unpaired) electrons. The molecule has 0 unspecified atom stereocenters. The minimum atomic E-state index is -0.540. The normalized spacial score (nSPS) is 11.9. The van der Waals surface area contributed by atoms with Crippen molar-refractivity contribution in [1.29, 1.82) is 0 Å². The zero-order valence-corrected chi connectivity index (χ0v) is 9.44. The van der Waals surface area contributed by atoms with Gasteiger partial charge in [0.25, 0.3) is 0 Å². The van der Waals surface area contributed by atoms with Crippen molar-refractivity contribution in [2.75, 3.05) is 5.33 Å². The third-order valence-corrected chi connectivity index (χ3v) is 2.60. The van der Waals surface area contributed by atoms with Crippen molar-refractivity contribution >= 4 is 22.0 Å². The van der Waals surface area contributed by atoms with Crippen LogP contribution in [0, 0.1) is 11.6 Å². The van der Waals surface area contributed by atoms with Gasteiger partial charge in [-0.15, -0.1) is 0 Å². The summed E-state index contributed by atoms with van der Waals surface area (Å²) in [5.74, 6) is -1.08. The van der Waals surface area contributed by atoms with Crippen molar-refractivity contribution in [2.24, 2.45) is 0 Å². The molecule has 1 aromatic carbocycles. The maximum atomic E-state index is 12.8. The van der Waals surface area contributed by atoms with Gasteiger partial charge in [0, 0.05) is 11.4 Å². The Morgan fingerprint density at radius 2 is 1.86 bits per heavy atom. The van der Waals surface area contributed by atoms with Gasteiger partial charge < -0.3 is 0 Å². The summed E-state index contributed by atoms with van der Waals surface area (Å²) in [6, 6.07) is 3.51. The van der Waals surface area contributed by atoms with Crippen LogP contribution in [0.1, 0.15) is 18.9 Å². The summed E-state index contributed by atoms with van der Waals surface area (Å²) in [6.07, 6.45) is 2.66. The van der Waals surface area contributed by atoms with E-state index in [0.717, 1.165) is 23.4 Å². The quantitative estimate of drug-likeness (QED) is 0.717. The standard InChI is InChI=1S/C11H11BrF2/c1-2-8(7-12)3-9-4-10(13)6-11(14)5-9/h3-6H,2,7H2,1H3/b8-3-. The van der Waals surface area contributed by atoms with Crippen molar-refractivity contribution in [3.63, 3.8) is 0 Å². The molecule has 0 atom stereocenters. The van der Waals surface area contributed by atoms with Crippen LogP contribution in [0.15, 0.2) is 23.8 Å². The minimum Gasteiger partial charge on any atom is -0.207 e. The Kier molecular flexibility index (Phi) is 4.26. The van der Waals surface area contributed by atoms with Crippen LogP contribution in [-0.2, 0) is 0 Å². The van der Waals surface area contributed by atoms with Crippen molar-refractivity contribution in [2.45, 2.75) is 13.3 Å². The van der Waals surface area contributed by atoms with Gasteiger partial charge in [-0.2, -0.15) is 0 Å². The van der Waals surface area contributed by atoms with Gasteiger partial charge in [0.05, 0.1) is 0 Å². The first kappa shape index (κ1) is 11.4. The van der Waals surface area contributed by atoms with Gasteiger partial charge in [-0.25, -0.2) is 8.78 Å². The Bertz CT molecular complexity index is 319. The molecule has 0 fully saturated rings. The smallest absolute Gasteiger partial charge is 0.126 e. The second-order valence-electron chi connectivity index (χ2n) is 2.99. The molecule has 0 aliphatic carbocycles. The number of hydrogen-bond donors (Lipinski definition) is 0. The van der Waals surface area contributed by atoms with Gasteiger partial charge in [-0.1, -0.05) is 34.5 Å². The fourth-order valence-corrected chi connectivity index (χ4v) is 1.69. The van der Waals surface area contributed by atoms with E-state index in [1.54, 1.807) is 6.08 Å². The highest BCUT2D eigenvalue weighted by Gasteiger charge is 1.99. The van der Waals surface area contributed by atoms with Crippen LogP contribution in [0.4, 0.5) is 8.78 Å². The number of hydrogen-bond acceptors (Lipinski definition) is 0. The second kappa shape index (κ2) is 5.25. The third-order valence-electron chi connectivity index (χ3n) is 1.88. The molecule has 3 heteroatoms. The maximum Gasteiger partial charge on any atom is 0.126 e. The summed E-state index contributed by atoms with van der Waals surface area (Å²) in [5, 5.41) is 0.724. The lowest BCUT2D eigenvalue weighted by Crippen LogP contribution is -1.85. The largest absolute Gasteiger partial charge is 0.207 e. The lowest BCUT2D eigenvalue weighted by atomic mass is 10.1. The highest BCUT2D eigenvalue weighted by Crippen LogP contribution is 2.14. The Labute approximate surface area is 90.8 Å². The van der Waals surface area contributed by atoms with E-state index in [4.69, 9.17) is 0 Å². The number of halogens is 3. The Hall–Kier alpha value is -0.700. The molecule has 14 heavy (non-hydrogen) atoms. The van der Waals surface area contributed by atoms with Crippen LogP contribution in [0.5, 0.6) is 0 Å². The van der Waals surface area contributed by atoms with E-state index < -0.39 is 11.6 Å². The Morgan fingerprint density at radius 3 is 2.29 bits per heavy atom. The molecule has 0 aliphatic rings. The molecule has 0 saturated heterocycles. The van der Waals surface area contributed by atoms with Crippen LogP contribution < -0.4 is 0 Å². The van der Waals surface area contributed by atoms with Crippen LogP contribution >= 0.6 is 15.9 Å². The molecule has 1 aromatic rings. The molecule has 0 heterocycles. The molecule has 1 rings (SSSR count). The average Bonchev–Trinajstić information content (AvgIpc) is 2.12. The van der Waals surface area contributed by atoms with Gasteiger partial charge in [0.2, 0.25) is 0 Å². The first-order valence-corrected chi connectivity index (χ1v) is 5.49. The van der Waals surface area contributed by atoms with E-state index in [9.17, 15) is 8.78 Å². The van der Waals surface area contributed by atoms with Crippen molar-refractivity contribution in [3.05, 3.63) is 41.0 Å². The topological polar surface area (TPSA) is 0 Å². The Morgan fingerprint density at radius 1 is 1.29 bits per heavy atom. The van der Waals surface area contributed by atoms with E-state index >= 15 is 0 Å². The fourth-order valence-electron chi connectivity index (χ4n) is 1.13. The van der Waals surface area contributed by atoms with E-state index in [1.165, 1.54) is 12.1 Å². The molecule has 0 spiro atoms. The molecular formula is C11H11BrF2. The summed E-state index contributed by atoms with van der Waals surface area (Å²) in [5.41, 5.74) is 1.67. The molecule has 0 aliphatic heterocycles. The average molecular weight is 261 g/mol. The fraction of sp³-hybridized carbons (Fsp3) is 0.273. The zero-order valence-electron chi connectivity index (χ0n) is 7.86. The predicted octanol–water partition coefficient (Wildman–Crippen LogP) is 4.15. The molecule has 0 N–H and O–H groups in total. The van der Waals surface area contributed by atoms with Crippen LogP contribution in [-0.4, -0.2) is 5.33 Å². The molecule has 0 amide bonds. The third kappa shape index (κ3) is 3.22. The molecule has 76 valence electrons. The van der Waals surface area contributed by atoms with Gasteiger partial charge >= 0.3 is 0 Å². The summed E-state index contributed by atoms with van der Waals surface area (Å²) >= 11 is 3.31. The molecule has 0 bridgehead atoms. The number of benzene rings is 1. The van der Waals surface area contributed by atoms with Gasteiger partial charge in [-0.3, -0.25) is 0 Å². The van der Waals surface area contributed by atoms with E-state index in [1.807, 2.05) is 6.92 Å². The van der Waals surface area contributed by atoms with E-state index in [2.05, 4.69) is 15.9 Å². The molecule has 0 nitrogen and oxygen atoms in total. The highest BCUT2D eigenvalue weighted by atomic mass is 79.9. The van der Waals surface area contributed by atoms with Gasteiger partial charge in [0.15, 0.2) is 0 Å². The minimum absolute atomic E-state index is 0.540. The van der Waals surface area contributed by atoms with Crippen LogP contribution in [0.25, 0.3) is 6.08 Å². The van der Waals surface area contributed by atoms with E-state index in [-0.39, 0.29) is 0 Å². The van der Waals surface area contributed by atoms with Crippen molar-refractivity contribution in [3.8, 4) is 0 Å². The first-order valence-electron chi connectivity index (χ1n) is 4.37. The van der Waals surface area contributed by atoms with Crippen LogP contribution in [0.3, 0.4) is 0 Å². The predicted molar refractivity (Wildman–Crippen MR) is 58.4 cm³/mol. The summed E-state index contributed by atoms with van der Waals surface area (Å²) < 4.78 is 25.6. The summed E-state index contributed by atoms with van der Waals surface area (Å²) in [6.45, 7) is 2.00. The zero-order chi connectivity index (χ0) is 10.6. The van der Waals surface area contributed by atoms with Gasteiger partial charge in [0.1, 0.15) is 11.6 Å². The van der Waals surface area contributed by atoms with Crippen molar-refractivity contribution < 1.29 is 8.78 Å². The highest BCUT2D eigenvalue weighted by molar-refractivity contribution is 9.09. The second-order valence-corrected chi connectivity index (χ2v) is 3.55. The van der Waals surface area contributed by atoms with Crippen LogP contribution in [0.2, 0.25) is 0 Å². The molecular weight excluding hydrogens is 250 g/mol. The maximum absolute atomic E-state index is 12.8. The molecule has 0 aromatic heterocycles. The monoisotopic (exact) mass is 260 g/mol. The lowest BCUT2D eigenvalue weighted by molar-refractivity contribution is 0.583. The number of alkyl halides is 1. The Balaban J connectivity index is 3.01. The van der Waals surface area contributed by atoms with Gasteiger partial charge in [-0.05, 0) is 24.1 Å². The molecule has 0 saturated carbocycles. The van der Waals surface area contributed by atoms with Crippen molar-refractivity contribution in [1.82, 2.24) is 0 Å². The summed E-state index contributed by atoms with van der Waals surface area (Å²) in [7, 11) is 0. The summed E-state index contributed by atoms with van der Waals surface area (Å²) in [4.78, 5) is 0. The SMILES string of the molecule is CC/C(=C/c1cc(F)cc(F)c1)CBr.